The van der Waals surface area contributed by atoms with E-state index in [1.54, 1.807) is 4.90 Å². The van der Waals surface area contributed by atoms with Gasteiger partial charge in [-0.15, -0.1) is 0 Å². The zero-order chi connectivity index (χ0) is 26.8. The van der Waals surface area contributed by atoms with Crippen molar-refractivity contribution in [3.05, 3.63) is 35.4 Å². The summed E-state index contributed by atoms with van der Waals surface area (Å²) in [7, 11) is 1.89. The fraction of sp³-hybridized carbons (Fsp3) is 0.714. The SMILES string of the molecule is CNCC(CC1CCCCC1)NC(=O)N1CCCC([C@@H](OCC(=O)NC(C)C)c2cccc(F)c2F)C1. The molecule has 3 amide bonds. The molecule has 1 saturated heterocycles. The van der Waals surface area contributed by atoms with E-state index in [1.165, 1.54) is 44.2 Å². The second-order valence-corrected chi connectivity index (χ2v) is 10.9. The lowest BCUT2D eigenvalue weighted by molar-refractivity contribution is -0.130. The molecule has 1 saturated carbocycles. The molecule has 2 fully saturated rings. The van der Waals surface area contributed by atoms with Crippen LogP contribution in [0.25, 0.3) is 0 Å². The highest BCUT2D eigenvalue weighted by atomic mass is 19.2. The van der Waals surface area contributed by atoms with Gasteiger partial charge in [0, 0.05) is 43.2 Å². The minimum Gasteiger partial charge on any atom is -0.363 e. The molecule has 3 rings (SSSR count). The van der Waals surface area contributed by atoms with Gasteiger partial charge in [-0.2, -0.15) is 0 Å². The lowest BCUT2D eigenvalue weighted by atomic mass is 9.85. The molecule has 0 bridgehead atoms. The third-order valence-electron chi connectivity index (χ3n) is 7.43. The van der Waals surface area contributed by atoms with Gasteiger partial charge in [-0.3, -0.25) is 4.79 Å². The molecule has 0 radical (unpaired) electrons. The summed E-state index contributed by atoms with van der Waals surface area (Å²) in [5, 5.41) is 9.17. The third kappa shape index (κ3) is 8.92. The zero-order valence-electron chi connectivity index (χ0n) is 22.5. The summed E-state index contributed by atoms with van der Waals surface area (Å²) in [5.74, 6) is -1.89. The van der Waals surface area contributed by atoms with Crippen molar-refractivity contribution >= 4 is 11.9 Å². The largest absolute Gasteiger partial charge is 0.363 e. The number of nitrogens with zero attached hydrogens (tertiary/aromatic N) is 1. The minimum atomic E-state index is -0.972. The number of benzene rings is 1. The first-order chi connectivity index (χ1) is 17.8. The molecule has 7 nitrogen and oxygen atoms in total. The molecule has 2 unspecified atom stereocenters. The van der Waals surface area contributed by atoms with Crippen molar-refractivity contribution < 1.29 is 23.1 Å². The Labute approximate surface area is 220 Å². The molecule has 0 aromatic heterocycles. The van der Waals surface area contributed by atoms with Crippen LogP contribution in [0.3, 0.4) is 0 Å². The quantitative estimate of drug-likeness (QED) is 0.399. The molecule has 1 aliphatic heterocycles. The number of ether oxygens (including phenoxy) is 1. The minimum absolute atomic E-state index is 0.0356. The van der Waals surface area contributed by atoms with E-state index in [-0.39, 0.29) is 42.1 Å². The topological polar surface area (TPSA) is 82.7 Å². The molecule has 1 aliphatic carbocycles. The van der Waals surface area contributed by atoms with Gasteiger partial charge in [-0.05, 0) is 52.1 Å². The van der Waals surface area contributed by atoms with Gasteiger partial charge in [0.2, 0.25) is 5.91 Å². The number of amides is 3. The van der Waals surface area contributed by atoms with E-state index in [0.717, 1.165) is 12.5 Å². The van der Waals surface area contributed by atoms with Crippen LogP contribution in [0, 0.1) is 23.5 Å². The first kappa shape index (κ1) is 29.3. The number of nitrogens with one attached hydrogen (secondary N) is 3. The molecule has 2 aliphatic rings. The predicted molar refractivity (Wildman–Crippen MR) is 140 cm³/mol. The average molecular weight is 523 g/mol. The van der Waals surface area contributed by atoms with Crippen LogP contribution < -0.4 is 16.0 Å². The summed E-state index contributed by atoms with van der Waals surface area (Å²) in [6.07, 6.45) is 7.73. The first-order valence-corrected chi connectivity index (χ1v) is 13.8. The zero-order valence-corrected chi connectivity index (χ0v) is 22.5. The van der Waals surface area contributed by atoms with Gasteiger partial charge in [0.1, 0.15) is 6.61 Å². The molecular weight excluding hydrogens is 478 g/mol. The Bertz CT molecular complexity index is 879. The van der Waals surface area contributed by atoms with Crippen molar-refractivity contribution in [1.82, 2.24) is 20.9 Å². The number of rotatable bonds is 11. The van der Waals surface area contributed by atoms with Crippen molar-refractivity contribution in [3.8, 4) is 0 Å². The van der Waals surface area contributed by atoms with E-state index >= 15 is 0 Å². The van der Waals surface area contributed by atoms with Crippen LogP contribution in [-0.2, 0) is 9.53 Å². The molecule has 1 aromatic rings. The number of likely N-dealkylation sites (tertiary alicyclic amines) is 1. The fourth-order valence-corrected chi connectivity index (χ4v) is 5.72. The summed E-state index contributed by atoms with van der Waals surface area (Å²) in [6, 6.07) is 3.84. The van der Waals surface area contributed by atoms with E-state index in [2.05, 4.69) is 16.0 Å². The smallest absolute Gasteiger partial charge is 0.317 e. The molecule has 9 heteroatoms. The number of halogens is 2. The lowest BCUT2D eigenvalue weighted by Gasteiger charge is -2.38. The van der Waals surface area contributed by atoms with E-state index in [1.807, 2.05) is 20.9 Å². The van der Waals surface area contributed by atoms with Crippen molar-refractivity contribution in [1.29, 1.82) is 0 Å². The van der Waals surface area contributed by atoms with E-state index in [9.17, 15) is 18.4 Å². The maximum atomic E-state index is 14.8. The van der Waals surface area contributed by atoms with Crippen LogP contribution in [0.15, 0.2) is 18.2 Å². The maximum Gasteiger partial charge on any atom is 0.317 e. The Morgan fingerprint density at radius 3 is 2.54 bits per heavy atom. The van der Waals surface area contributed by atoms with Crippen molar-refractivity contribution in [2.24, 2.45) is 11.8 Å². The van der Waals surface area contributed by atoms with Gasteiger partial charge in [0.25, 0.3) is 0 Å². The fourth-order valence-electron chi connectivity index (χ4n) is 5.72. The molecule has 37 heavy (non-hydrogen) atoms. The van der Waals surface area contributed by atoms with E-state index < -0.39 is 17.7 Å². The molecule has 1 aromatic carbocycles. The normalized spacial score (nSPS) is 20.5. The lowest BCUT2D eigenvalue weighted by Crippen LogP contribution is -2.52. The van der Waals surface area contributed by atoms with Gasteiger partial charge in [-0.1, -0.05) is 44.2 Å². The highest BCUT2D eigenvalue weighted by Crippen LogP contribution is 2.35. The number of hydrogen-bond acceptors (Lipinski definition) is 4. The third-order valence-corrected chi connectivity index (χ3v) is 7.43. The Hall–Kier alpha value is -2.26. The molecule has 3 atom stereocenters. The number of hydrogen-bond donors (Lipinski definition) is 3. The Kier molecular flexibility index (Phi) is 11.6. The van der Waals surface area contributed by atoms with E-state index in [4.69, 9.17) is 4.74 Å². The highest BCUT2D eigenvalue weighted by molar-refractivity contribution is 5.77. The van der Waals surface area contributed by atoms with Gasteiger partial charge >= 0.3 is 6.03 Å². The monoisotopic (exact) mass is 522 g/mol. The highest BCUT2D eigenvalue weighted by Gasteiger charge is 2.34. The Morgan fingerprint density at radius 1 is 1.08 bits per heavy atom. The van der Waals surface area contributed by atoms with Gasteiger partial charge in [0.05, 0.1) is 6.10 Å². The van der Waals surface area contributed by atoms with Crippen molar-refractivity contribution in [2.45, 2.75) is 83.4 Å². The molecular formula is C28H44F2N4O3. The summed E-state index contributed by atoms with van der Waals surface area (Å²) in [4.78, 5) is 27.3. The molecule has 3 N–H and O–H groups in total. The van der Waals surface area contributed by atoms with Crippen LogP contribution in [0.5, 0.6) is 0 Å². The van der Waals surface area contributed by atoms with Crippen LogP contribution in [0.1, 0.15) is 76.9 Å². The number of carbonyl (C=O) groups excluding carboxylic acids is 2. The van der Waals surface area contributed by atoms with Crippen LogP contribution in [0.2, 0.25) is 0 Å². The summed E-state index contributed by atoms with van der Waals surface area (Å²) in [6.45, 7) is 5.04. The molecule has 1 heterocycles. The Balaban J connectivity index is 1.69. The van der Waals surface area contributed by atoms with E-state index in [0.29, 0.717) is 38.4 Å². The van der Waals surface area contributed by atoms with Crippen LogP contribution in [-0.4, -0.2) is 62.2 Å². The molecule has 208 valence electrons. The number of carbonyl (C=O) groups is 2. The van der Waals surface area contributed by atoms with Gasteiger partial charge in [0.15, 0.2) is 11.6 Å². The summed E-state index contributed by atoms with van der Waals surface area (Å²) in [5.41, 5.74) is 0.0787. The predicted octanol–water partition coefficient (Wildman–Crippen LogP) is 4.53. The Morgan fingerprint density at radius 2 is 1.84 bits per heavy atom. The van der Waals surface area contributed by atoms with Crippen molar-refractivity contribution in [2.75, 3.05) is 33.3 Å². The maximum absolute atomic E-state index is 14.8. The second kappa shape index (κ2) is 14.6. The van der Waals surface area contributed by atoms with Crippen LogP contribution in [0.4, 0.5) is 13.6 Å². The second-order valence-electron chi connectivity index (χ2n) is 10.9. The standard InChI is InChI=1S/C28H44F2N4O3/c1-19(2)32-25(35)18-37-27(23-12-7-13-24(29)26(23)30)21-11-8-14-34(17-21)28(36)33-22(16-31-3)15-20-9-5-4-6-10-20/h7,12-13,19-22,27,31H,4-6,8-11,14-18H2,1-3H3,(H,32,35)(H,33,36)/t21?,22?,27-/m1/s1. The summed E-state index contributed by atoms with van der Waals surface area (Å²) < 4.78 is 34.8. The van der Waals surface area contributed by atoms with Gasteiger partial charge < -0.3 is 25.6 Å². The first-order valence-electron chi connectivity index (χ1n) is 13.8. The summed E-state index contributed by atoms with van der Waals surface area (Å²) >= 11 is 0. The van der Waals surface area contributed by atoms with Crippen molar-refractivity contribution in [3.63, 3.8) is 0 Å². The van der Waals surface area contributed by atoms with Crippen LogP contribution >= 0.6 is 0 Å². The molecule has 0 spiro atoms. The average Bonchev–Trinajstić information content (AvgIpc) is 2.87. The number of likely N-dealkylation sites (N-methyl/N-ethyl adjacent to an activating group) is 1. The van der Waals surface area contributed by atoms with Gasteiger partial charge in [-0.25, -0.2) is 13.6 Å². The number of piperidine rings is 1. The number of urea groups is 1.